The zero-order chi connectivity index (χ0) is 10.0. The first-order valence-corrected chi connectivity index (χ1v) is 5.40. The van der Waals surface area contributed by atoms with Crippen molar-refractivity contribution in [2.75, 3.05) is 0 Å². The molecule has 0 N–H and O–H groups in total. The van der Waals surface area contributed by atoms with Crippen molar-refractivity contribution in [3.05, 3.63) is 34.6 Å². The van der Waals surface area contributed by atoms with Crippen LogP contribution in [-0.2, 0) is 0 Å². The van der Waals surface area contributed by atoms with E-state index in [0.717, 1.165) is 5.56 Å². The fraction of sp³-hybridized carbons (Fsp3) is 0.400. The number of hydrogen-bond donors (Lipinski definition) is 0. The fourth-order valence-electron chi connectivity index (χ4n) is 1.06. The molecule has 0 aliphatic carbocycles. The molecule has 0 heterocycles. The minimum absolute atomic E-state index is 0.192. The summed E-state index contributed by atoms with van der Waals surface area (Å²) in [6.45, 7) is 4.13. The molecule has 0 saturated heterocycles. The summed E-state index contributed by atoms with van der Waals surface area (Å²) in [6, 6.07) is 4.85. The molecule has 0 spiro atoms. The maximum atomic E-state index is 12.8. The van der Waals surface area contributed by atoms with E-state index in [1.165, 1.54) is 6.07 Å². The second kappa shape index (κ2) is 4.43. The Kier molecular flexibility index (Phi) is 3.74. The molecule has 3 heteroatoms. The van der Waals surface area contributed by atoms with Gasteiger partial charge in [0.1, 0.15) is 5.82 Å². The van der Waals surface area contributed by atoms with Crippen LogP contribution in [0.2, 0.25) is 5.02 Å². The maximum absolute atomic E-state index is 12.8. The molecule has 72 valence electrons. The van der Waals surface area contributed by atoms with Crippen molar-refractivity contribution in [1.29, 1.82) is 0 Å². The highest BCUT2D eigenvalue weighted by Gasteiger charge is 2.12. The molecule has 0 bridgehead atoms. The van der Waals surface area contributed by atoms with Gasteiger partial charge in [0.05, 0.1) is 5.02 Å². The molecule has 1 aromatic carbocycles. The number of alkyl halides is 1. The van der Waals surface area contributed by atoms with Crippen LogP contribution < -0.4 is 0 Å². The van der Waals surface area contributed by atoms with Gasteiger partial charge in [-0.2, -0.15) is 0 Å². The van der Waals surface area contributed by atoms with Crippen molar-refractivity contribution >= 4 is 27.5 Å². The van der Waals surface area contributed by atoms with Gasteiger partial charge in [-0.15, -0.1) is 0 Å². The summed E-state index contributed by atoms with van der Waals surface area (Å²) >= 11 is 9.15. The summed E-state index contributed by atoms with van der Waals surface area (Å²) < 4.78 is 12.8. The van der Waals surface area contributed by atoms with Gasteiger partial charge in [0.2, 0.25) is 0 Å². The summed E-state index contributed by atoms with van der Waals surface area (Å²) in [7, 11) is 0. The standard InChI is InChI=1S/C10H11BrClF/c1-6(7(2)11)8-3-4-10(13)9(12)5-8/h3-7H,1-2H3. The van der Waals surface area contributed by atoms with Crippen LogP contribution in [0.4, 0.5) is 4.39 Å². The zero-order valence-electron chi connectivity index (χ0n) is 7.52. The molecule has 1 rings (SSSR count). The van der Waals surface area contributed by atoms with Gasteiger partial charge < -0.3 is 0 Å². The SMILES string of the molecule is CC(Br)C(C)c1ccc(F)c(Cl)c1. The molecule has 0 radical (unpaired) electrons. The Morgan fingerprint density at radius 1 is 1.38 bits per heavy atom. The Labute approximate surface area is 91.2 Å². The van der Waals surface area contributed by atoms with Crippen LogP contribution in [0.25, 0.3) is 0 Å². The van der Waals surface area contributed by atoms with Gasteiger partial charge in [0, 0.05) is 4.83 Å². The summed E-state index contributed by atoms with van der Waals surface area (Å²) in [5, 5.41) is 0.192. The number of halogens is 3. The Hall–Kier alpha value is -0.0800. The number of rotatable bonds is 2. The predicted octanol–water partition coefficient (Wildman–Crippen LogP) is 4.37. The minimum Gasteiger partial charge on any atom is -0.205 e. The molecule has 0 fully saturated rings. The van der Waals surface area contributed by atoms with Crippen molar-refractivity contribution in [2.45, 2.75) is 24.6 Å². The zero-order valence-corrected chi connectivity index (χ0v) is 9.86. The third kappa shape index (κ3) is 2.68. The van der Waals surface area contributed by atoms with Gasteiger partial charge in [0.15, 0.2) is 0 Å². The summed E-state index contributed by atoms with van der Waals surface area (Å²) in [5.41, 5.74) is 1.05. The first-order chi connectivity index (χ1) is 6.02. The second-order valence-corrected chi connectivity index (χ2v) is 4.99. The second-order valence-electron chi connectivity index (χ2n) is 3.14. The highest BCUT2D eigenvalue weighted by Crippen LogP contribution is 2.27. The lowest BCUT2D eigenvalue weighted by molar-refractivity contribution is 0.626. The van der Waals surface area contributed by atoms with Crippen LogP contribution in [0, 0.1) is 5.82 Å². The van der Waals surface area contributed by atoms with E-state index < -0.39 is 0 Å². The molecular formula is C10H11BrClF. The molecule has 0 aliphatic rings. The number of benzene rings is 1. The molecule has 1 aromatic rings. The largest absolute Gasteiger partial charge is 0.205 e. The summed E-state index contributed by atoms with van der Waals surface area (Å²) in [4.78, 5) is 0.356. The number of hydrogen-bond acceptors (Lipinski definition) is 0. The fourth-order valence-corrected chi connectivity index (χ4v) is 1.56. The summed E-state index contributed by atoms with van der Waals surface area (Å²) in [6.07, 6.45) is 0. The maximum Gasteiger partial charge on any atom is 0.141 e. The molecule has 0 nitrogen and oxygen atoms in total. The quantitative estimate of drug-likeness (QED) is 0.697. The van der Waals surface area contributed by atoms with Crippen molar-refractivity contribution in [2.24, 2.45) is 0 Å². The van der Waals surface area contributed by atoms with Crippen LogP contribution in [0.15, 0.2) is 18.2 Å². The molecule has 2 atom stereocenters. The Bertz CT molecular complexity index is 299. The van der Waals surface area contributed by atoms with E-state index >= 15 is 0 Å². The molecular weight excluding hydrogens is 254 g/mol. The normalized spacial score (nSPS) is 15.5. The molecule has 0 aliphatic heterocycles. The summed E-state index contributed by atoms with van der Waals surface area (Å²) in [5.74, 6) is -0.0297. The minimum atomic E-state index is -0.361. The van der Waals surface area contributed by atoms with Gasteiger partial charge in [-0.3, -0.25) is 0 Å². The van der Waals surface area contributed by atoms with E-state index in [1.54, 1.807) is 12.1 Å². The van der Waals surface area contributed by atoms with Gasteiger partial charge >= 0.3 is 0 Å². The van der Waals surface area contributed by atoms with Gasteiger partial charge in [-0.25, -0.2) is 4.39 Å². The van der Waals surface area contributed by atoms with E-state index in [0.29, 0.717) is 10.7 Å². The Morgan fingerprint density at radius 3 is 2.46 bits per heavy atom. The molecule has 0 aromatic heterocycles. The third-order valence-electron chi connectivity index (χ3n) is 2.16. The first-order valence-electron chi connectivity index (χ1n) is 4.11. The van der Waals surface area contributed by atoms with Crippen LogP contribution in [-0.4, -0.2) is 4.83 Å². The highest BCUT2D eigenvalue weighted by atomic mass is 79.9. The van der Waals surface area contributed by atoms with Crippen LogP contribution in [0.3, 0.4) is 0 Å². The van der Waals surface area contributed by atoms with Crippen molar-refractivity contribution < 1.29 is 4.39 Å². The van der Waals surface area contributed by atoms with Crippen molar-refractivity contribution in [1.82, 2.24) is 0 Å². The van der Waals surface area contributed by atoms with E-state index in [4.69, 9.17) is 11.6 Å². The highest BCUT2D eigenvalue weighted by molar-refractivity contribution is 9.09. The molecule has 13 heavy (non-hydrogen) atoms. The van der Waals surface area contributed by atoms with E-state index in [2.05, 4.69) is 29.8 Å². The predicted molar refractivity (Wildman–Crippen MR) is 58.2 cm³/mol. The lowest BCUT2D eigenvalue weighted by Gasteiger charge is -2.14. The van der Waals surface area contributed by atoms with Crippen LogP contribution in [0.1, 0.15) is 25.3 Å². The van der Waals surface area contributed by atoms with Crippen LogP contribution >= 0.6 is 27.5 Å². The van der Waals surface area contributed by atoms with Crippen molar-refractivity contribution in [3.8, 4) is 0 Å². The molecule has 0 saturated carbocycles. The molecule has 2 unspecified atom stereocenters. The lowest BCUT2D eigenvalue weighted by Crippen LogP contribution is -2.04. The Balaban J connectivity index is 2.97. The van der Waals surface area contributed by atoms with E-state index in [9.17, 15) is 4.39 Å². The average molecular weight is 266 g/mol. The van der Waals surface area contributed by atoms with Gasteiger partial charge in [0.25, 0.3) is 0 Å². The van der Waals surface area contributed by atoms with Crippen molar-refractivity contribution in [3.63, 3.8) is 0 Å². The van der Waals surface area contributed by atoms with E-state index in [1.807, 2.05) is 0 Å². The van der Waals surface area contributed by atoms with E-state index in [-0.39, 0.29) is 10.8 Å². The lowest BCUT2D eigenvalue weighted by atomic mass is 9.99. The monoisotopic (exact) mass is 264 g/mol. The first kappa shape index (κ1) is 11.0. The van der Waals surface area contributed by atoms with Gasteiger partial charge in [-0.05, 0) is 23.6 Å². The smallest absolute Gasteiger partial charge is 0.141 e. The van der Waals surface area contributed by atoms with Gasteiger partial charge in [-0.1, -0.05) is 47.4 Å². The molecule has 0 amide bonds. The third-order valence-corrected chi connectivity index (χ3v) is 3.24. The Morgan fingerprint density at radius 2 is 2.00 bits per heavy atom. The van der Waals surface area contributed by atoms with Crippen LogP contribution in [0.5, 0.6) is 0 Å². The topological polar surface area (TPSA) is 0 Å². The average Bonchev–Trinajstić information content (AvgIpc) is 2.08.